The number of aromatic amines is 1. The van der Waals surface area contributed by atoms with Gasteiger partial charge in [0.25, 0.3) is 0 Å². The highest BCUT2D eigenvalue weighted by Gasteiger charge is 2.10. The quantitative estimate of drug-likeness (QED) is 0.797. The number of nitrogens with one attached hydrogen (secondary N) is 2. The molecule has 0 aromatic carbocycles. The third-order valence-electron chi connectivity index (χ3n) is 2.20. The lowest BCUT2D eigenvalue weighted by Crippen LogP contribution is -2.15. The second-order valence-electron chi connectivity index (χ2n) is 3.92. The summed E-state index contributed by atoms with van der Waals surface area (Å²) in [6.07, 6.45) is 3.25. The molecule has 2 aromatic rings. The normalized spacial score (nSPS) is 10.8. The average Bonchev–Trinajstić information content (AvgIpc) is 2.96. The fourth-order valence-corrected chi connectivity index (χ4v) is 2.18. The summed E-state index contributed by atoms with van der Waals surface area (Å²) in [7, 11) is 0. The highest BCUT2D eigenvalue weighted by molar-refractivity contribution is 7.99. The maximum atomic E-state index is 11.6. The van der Waals surface area contributed by atoms with Crippen LogP contribution in [0.5, 0.6) is 0 Å². The molecule has 0 aliphatic carbocycles. The van der Waals surface area contributed by atoms with E-state index in [1.54, 1.807) is 18.6 Å². The molecule has 0 bridgehead atoms. The van der Waals surface area contributed by atoms with Crippen LogP contribution < -0.4 is 5.32 Å². The standard InChI is InChI=1S/C10H14N6OS/c1-7(2)16-6-12-15-10(16)18-5-9(17)13-8-3-4-11-14-8/h3-4,6-7H,5H2,1-2H3,(H2,11,13,14,17). The number of nitrogens with zero attached hydrogens (tertiary/aromatic N) is 4. The van der Waals surface area contributed by atoms with E-state index in [-0.39, 0.29) is 17.7 Å². The molecule has 2 N–H and O–H groups in total. The van der Waals surface area contributed by atoms with E-state index in [2.05, 4.69) is 25.7 Å². The number of carbonyl (C=O) groups is 1. The van der Waals surface area contributed by atoms with Crippen molar-refractivity contribution in [3.8, 4) is 0 Å². The Morgan fingerprint density at radius 3 is 3.11 bits per heavy atom. The van der Waals surface area contributed by atoms with Crippen LogP contribution in [0.15, 0.2) is 23.7 Å². The van der Waals surface area contributed by atoms with Crippen molar-refractivity contribution in [2.24, 2.45) is 0 Å². The van der Waals surface area contributed by atoms with Gasteiger partial charge in [0.05, 0.1) is 11.9 Å². The van der Waals surface area contributed by atoms with Crippen molar-refractivity contribution in [3.63, 3.8) is 0 Å². The van der Waals surface area contributed by atoms with Gasteiger partial charge in [0, 0.05) is 12.1 Å². The largest absolute Gasteiger partial charge is 0.310 e. The van der Waals surface area contributed by atoms with E-state index in [0.717, 1.165) is 5.16 Å². The third kappa shape index (κ3) is 3.10. The number of hydrogen-bond donors (Lipinski definition) is 2. The molecule has 2 aromatic heterocycles. The van der Waals surface area contributed by atoms with Gasteiger partial charge < -0.3 is 9.88 Å². The Morgan fingerprint density at radius 2 is 2.44 bits per heavy atom. The van der Waals surface area contributed by atoms with Crippen LogP contribution in [0.1, 0.15) is 19.9 Å². The molecule has 0 spiro atoms. The molecule has 2 rings (SSSR count). The summed E-state index contributed by atoms with van der Waals surface area (Å²) in [5.74, 6) is 0.762. The van der Waals surface area contributed by atoms with Crippen LogP contribution in [-0.4, -0.2) is 36.6 Å². The number of rotatable bonds is 5. The molecule has 0 radical (unpaired) electrons. The van der Waals surface area contributed by atoms with Crippen molar-refractivity contribution in [2.45, 2.75) is 25.0 Å². The Labute approximate surface area is 108 Å². The molecule has 0 aliphatic heterocycles. The van der Waals surface area contributed by atoms with Crippen molar-refractivity contribution >= 4 is 23.5 Å². The van der Waals surface area contributed by atoms with E-state index in [1.807, 2.05) is 18.4 Å². The molecule has 8 heteroatoms. The zero-order valence-electron chi connectivity index (χ0n) is 10.1. The van der Waals surface area contributed by atoms with Gasteiger partial charge in [0.1, 0.15) is 12.1 Å². The fraction of sp³-hybridized carbons (Fsp3) is 0.400. The first kappa shape index (κ1) is 12.6. The monoisotopic (exact) mass is 266 g/mol. The topological polar surface area (TPSA) is 88.5 Å². The summed E-state index contributed by atoms with van der Waals surface area (Å²) in [4.78, 5) is 11.6. The lowest BCUT2D eigenvalue weighted by Gasteiger charge is -2.08. The maximum absolute atomic E-state index is 11.6. The van der Waals surface area contributed by atoms with Gasteiger partial charge in [-0.15, -0.1) is 10.2 Å². The smallest absolute Gasteiger partial charge is 0.235 e. The molecule has 0 aliphatic rings. The second-order valence-corrected chi connectivity index (χ2v) is 4.86. The van der Waals surface area contributed by atoms with E-state index in [9.17, 15) is 4.79 Å². The van der Waals surface area contributed by atoms with Crippen LogP contribution in [0.2, 0.25) is 0 Å². The van der Waals surface area contributed by atoms with Crippen molar-refractivity contribution in [1.29, 1.82) is 0 Å². The summed E-state index contributed by atoms with van der Waals surface area (Å²) in [5, 5.41) is 17.7. The van der Waals surface area contributed by atoms with Crippen LogP contribution in [0.25, 0.3) is 0 Å². The van der Waals surface area contributed by atoms with E-state index in [1.165, 1.54) is 11.8 Å². The number of thioether (sulfide) groups is 1. The predicted octanol–water partition coefficient (Wildman–Crippen LogP) is 1.31. The number of amides is 1. The molecule has 2 heterocycles. The van der Waals surface area contributed by atoms with Crippen molar-refractivity contribution in [2.75, 3.05) is 11.1 Å². The number of hydrogen-bond acceptors (Lipinski definition) is 5. The number of H-pyrrole nitrogens is 1. The second kappa shape index (κ2) is 5.67. The third-order valence-corrected chi connectivity index (χ3v) is 3.16. The first-order valence-electron chi connectivity index (χ1n) is 5.48. The molecule has 7 nitrogen and oxygen atoms in total. The van der Waals surface area contributed by atoms with Gasteiger partial charge >= 0.3 is 0 Å². The molecular formula is C10H14N6OS. The Kier molecular flexibility index (Phi) is 3.98. The van der Waals surface area contributed by atoms with Gasteiger partial charge in [-0.1, -0.05) is 11.8 Å². The summed E-state index contributed by atoms with van der Waals surface area (Å²) in [6, 6.07) is 1.97. The van der Waals surface area contributed by atoms with Gasteiger partial charge in [0.15, 0.2) is 5.16 Å². The SMILES string of the molecule is CC(C)n1cnnc1SCC(=O)Nc1ccn[nH]1. The molecule has 0 atom stereocenters. The molecule has 1 amide bonds. The Bertz CT molecular complexity index is 506. The highest BCUT2D eigenvalue weighted by atomic mass is 32.2. The van der Waals surface area contributed by atoms with Crippen LogP contribution >= 0.6 is 11.8 Å². The average molecular weight is 266 g/mol. The van der Waals surface area contributed by atoms with E-state index in [4.69, 9.17) is 0 Å². The van der Waals surface area contributed by atoms with Gasteiger partial charge in [0.2, 0.25) is 5.91 Å². The lowest BCUT2D eigenvalue weighted by atomic mass is 10.4. The summed E-state index contributed by atoms with van der Waals surface area (Å²) < 4.78 is 1.92. The number of aromatic nitrogens is 5. The van der Waals surface area contributed by atoms with Gasteiger partial charge in [-0.05, 0) is 13.8 Å². The van der Waals surface area contributed by atoms with Gasteiger partial charge in [-0.2, -0.15) is 5.10 Å². The first-order chi connectivity index (χ1) is 8.66. The van der Waals surface area contributed by atoms with E-state index >= 15 is 0 Å². The summed E-state index contributed by atoms with van der Waals surface area (Å²) in [6.45, 7) is 4.08. The fourth-order valence-electron chi connectivity index (χ4n) is 1.33. The molecule has 0 fully saturated rings. The number of carbonyl (C=O) groups excluding carboxylic acids is 1. The van der Waals surface area contributed by atoms with E-state index in [0.29, 0.717) is 5.82 Å². The van der Waals surface area contributed by atoms with Crippen LogP contribution in [-0.2, 0) is 4.79 Å². The van der Waals surface area contributed by atoms with Crippen LogP contribution in [0, 0.1) is 0 Å². The maximum Gasteiger partial charge on any atom is 0.235 e. The number of anilines is 1. The predicted molar refractivity (Wildman–Crippen MR) is 68.3 cm³/mol. The van der Waals surface area contributed by atoms with Crippen LogP contribution in [0.4, 0.5) is 5.82 Å². The van der Waals surface area contributed by atoms with Gasteiger partial charge in [-0.3, -0.25) is 9.89 Å². The van der Waals surface area contributed by atoms with Crippen molar-refractivity contribution < 1.29 is 4.79 Å². The Balaban J connectivity index is 1.87. The lowest BCUT2D eigenvalue weighted by molar-refractivity contribution is -0.113. The molecular weight excluding hydrogens is 252 g/mol. The van der Waals surface area contributed by atoms with Crippen LogP contribution in [0.3, 0.4) is 0 Å². The van der Waals surface area contributed by atoms with Crippen molar-refractivity contribution in [1.82, 2.24) is 25.0 Å². The zero-order valence-corrected chi connectivity index (χ0v) is 10.9. The molecule has 0 unspecified atom stereocenters. The molecule has 0 saturated carbocycles. The minimum atomic E-state index is -0.109. The van der Waals surface area contributed by atoms with Crippen molar-refractivity contribution in [3.05, 3.63) is 18.6 Å². The first-order valence-corrected chi connectivity index (χ1v) is 6.47. The molecule has 96 valence electrons. The zero-order chi connectivity index (χ0) is 13.0. The molecule has 0 saturated heterocycles. The Morgan fingerprint density at radius 1 is 1.61 bits per heavy atom. The Hall–Kier alpha value is -1.83. The molecule has 18 heavy (non-hydrogen) atoms. The highest BCUT2D eigenvalue weighted by Crippen LogP contribution is 2.18. The summed E-state index contributed by atoms with van der Waals surface area (Å²) >= 11 is 1.36. The minimum Gasteiger partial charge on any atom is -0.310 e. The minimum absolute atomic E-state index is 0.109. The summed E-state index contributed by atoms with van der Waals surface area (Å²) in [5.41, 5.74) is 0. The van der Waals surface area contributed by atoms with E-state index < -0.39 is 0 Å². The van der Waals surface area contributed by atoms with Gasteiger partial charge in [-0.25, -0.2) is 0 Å².